The van der Waals surface area contributed by atoms with Crippen molar-refractivity contribution >= 4 is 23.2 Å². The third-order valence-corrected chi connectivity index (χ3v) is 2.06. The van der Waals surface area contributed by atoms with Crippen molar-refractivity contribution in [1.82, 2.24) is 5.32 Å². The summed E-state index contributed by atoms with van der Waals surface area (Å²) in [5, 5.41) is 5.71. The number of halogens is 2. The molecule has 15 heavy (non-hydrogen) atoms. The fourth-order valence-electron chi connectivity index (χ4n) is 1.07. The minimum absolute atomic E-state index is 0.124. The maximum absolute atomic E-state index is 12.7. The van der Waals surface area contributed by atoms with E-state index >= 15 is 0 Å². The Kier molecular flexibility index (Phi) is 4.37. The molecule has 0 saturated carbocycles. The van der Waals surface area contributed by atoms with Crippen LogP contribution in [0.25, 0.3) is 0 Å². The van der Waals surface area contributed by atoms with Crippen molar-refractivity contribution in [2.75, 3.05) is 18.4 Å². The standard InChI is InChI=1S/C10H12ClFN2O/c1-2-13-10(15)6-14-9-4-3-7(12)5-8(9)11/h3-5,14H,2,6H2,1H3,(H,13,15). The van der Waals surface area contributed by atoms with Gasteiger partial charge < -0.3 is 10.6 Å². The summed E-state index contributed by atoms with van der Waals surface area (Å²) < 4.78 is 12.7. The van der Waals surface area contributed by atoms with E-state index < -0.39 is 5.82 Å². The minimum atomic E-state index is -0.399. The van der Waals surface area contributed by atoms with Crippen LogP contribution in [0.3, 0.4) is 0 Å². The van der Waals surface area contributed by atoms with Crippen LogP contribution in [0.1, 0.15) is 6.92 Å². The molecule has 0 unspecified atom stereocenters. The smallest absolute Gasteiger partial charge is 0.239 e. The Balaban J connectivity index is 2.54. The number of anilines is 1. The Bertz CT molecular complexity index is 357. The zero-order valence-electron chi connectivity index (χ0n) is 8.31. The van der Waals surface area contributed by atoms with E-state index in [1.807, 2.05) is 6.92 Å². The first-order valence-electron chi connectivity index (χ1n) is 4.59. The van der Waals surface area contributed by atoms with Gasteiger partial charge in [0.25, 0.3) is 0 Å². The van der Waals surface area contributed by atoms with Gasteiger partial charge in [-0.15, -0.1) is 0 Å². The Morgan fingerprint density at radius 1 is 1.53 bits per heavy atom. The van der Waals surface area contributed by atoms with Crippen molar-refractivity contribution in [2.45, 2.75) is 6.92 Å². The average Bonchev–Trinajstić information content (AvgIpc) is 2.17. The third kappa shape index (κ3) is 3.75. The summed E-state index contributed by atoms with van der Waals surface area (Å²) in [5.41, 5.74) is 0.546. The molecule has 0 aromatic heterocycles. The van der Waals surface area contributed by atoms with Crippen LogP contribution in [0.5, 0.6) is 0 Å². The van der Waals surface area contributed by atoms with Crippen molar-refractivity contribution in [3.05, 3.63) is 29.0 Å². The third-order valence-electron chi connectivity index (χ3n) is 1.74. The molecule has 5 heteroatoms. The molecule has 3 nitrogen and oxygen atoms in total. The van der Waals surface area contributed by atoms with Crippen LogP contribution in [0, 0.1) is 5.82 Å². The Morgan fingerprint density at radius 2 is 2.27 bits per heavy atom. The molecule has 1 amide bonds. The molecule has 0 fully saturated rings. The highest BCUT2D eigenvalue weighted by molar-refractivity contribution is 6.33. The van der Waals surface area contributed by atoms with Gasteiger partial charge in [0, 0.05) is 6.54 Å². The summed E-state index contributed by atoms with van der Waals surface area (Å²) in [7, 11) is 0. The lowest BCUT2D eigenvalue weighted by Gasteiger charge is -2.07. The molecule has 2 N–H and O–H groups in total. The molecule has 82 valence electrons. The molecule has 0 spiro atoms. The van der Waals surface area contributed by atoms with Crippen LogP contribution in [0.15, 0.2) is 18.2 Å². The Morgan fingerprint density at radius 3 is 2.87 bits per heavy atom. The largest absolute Gasteiger partial charge is 0.375 e. The zero-order chi connectivity index (χ0) is 11.3. The lowest BCUT2D eigenvalue weighted by molar-refractivity contribution is -0.119. The minimum Gasteiger partial charge on any atom is -0.375 e. The van der Waals surface area contributed by atoms with Gasteiger partial charge in [-0.25, -0.2) is 4.39 Å². The van der Waals surface area contributed by atoms with Gasteiger partial charge in [0.2, 0.25) is 5.91 Å². The van der Waals surface area contributed by atoms with Gasteiger partial charge in [0.05, 0.1) is 17.3 Å². The Hall–Kier alpha value is -1.29. The topological polar surface area (TPSA) is 41.1 Å². The van der Waals surface area contributed by atoms with E-state index in [1.165, 1.54) is 18.2 Å². The average molecular weight is 231 g/mol. The molecule has 0 saturated heterocycles. The molecule has 0 radical (unpaired) electrons. The van der Waals surface area contributed by atoms with Gasteiger partial charge in [-0.3, -0.25) is 4.79 Å². The number of benzene rings is 1. The van der Waals surface area contributed by atoms with Crippen molar-refractivity contribution in [3.8, 4) is 0 Å². The summed E-state index contributed by atoms with van der Waals surface area (Å²) >= 11 is 5.76. The highest BCUT2D eigenvalue weighted by atomic mass is 35.5. The molecule has 0 atom stereocenters. The Labute approximate surface area is 92.6 Å². The van der Waals surface area contributed by atoms with Crippen LogP contribution in [-0.2, 0) is 4.79 Å². The van der Waals surface area contributed by atoms with Crippen molar-refractivity contribution < 1.29 is 9.18 Å². The van der Waals surface area contributed by atoms with E-state index in [9.17, 15) is 9.18 Å². The number of rotatable bonds is 4. The van der Waals surface area contributed by atoms with Gasteiger partial charge in [-0.2, -0.15) is 0 Å². The van der Waals surface area contributed by atoms with Gasteiger partial charge in [0.15, 0.2) is 0 Å². The van der Waals surface area contributed by atoms with E-state index in [2.05, 4.69) is 10.6 Å². The second-order valence-electron chi connectivity index (χ2n) is 2.93. The lowest BCUT2D eigenvalue weighted by Crippen LogP contribution is -2.29. The lowest BCUT2D eigenvalue weighted by atomic mass is 10.3. The fraction of sp³-hybridized carbons (Fsp3) is 0.300. The number of nitrogens with one attached hydrogen (secondary N) is 2. The van der Waals surface area contributed by atoms with Crippen LogP contribution < -0.4 is 10.6 Å². The number of carbonyl (C=O) groups is 1. The van der Waals surface area contributed by atoms with Gasteiger partial charge in [0.1, 0.15) is 5.82 Å². The summed E-state index contributed by atoms with van der Waals surface area (Å²) in [4.78, 5) is 11.1. The molecule has 0 bridgehead atoms. The predicted molar refractivity (Wildman–Crippen MR) is 58.6 cm³/mol. The van der Waals surface area contributed by atoms with Crippen LogP contribution in [-0.4, -0.2) is 19.0 Å². The molecule has 1 aromatic carbocycles. The van der Waals surface area contributed by atoms with Gasteiger partial charge in [-0.1, -0.05) is 11.6 Å². The number of hydrogen-bond donors (Lipinski definition) is 2. The summed E-state index contributed by atoms with van der Waals surface area (Å²) in [6, 6.07) is 3.98. The molecular formula is C10H12ClFN2O. The van der Waals surface area contributed by atoms with Crippen molar-refractivity contribution in [1.29, 1.82) is 0 Å². The first-order valence-corrected chi connectivity index (χ1v) is 4.97. The molecule has 0 aliphatic carbocycles. The van der Waals surface area contributed by atoms with E-state index in [0.29, 0.717) is 12.2 Å². The van der Waals surface area contributed by atoms with Crippen LogP contribution in [0.4, 0.5) is 10.1 Å². The number of likely N-dealkylation sites (N-methyl/N-ethyl adjacent to an activating group) is 1. The summed E-state index contributed by atoms with van der Waals surface area (Å²) in [6.45, 7) is 2.54. The molecule has 1 aromatic rings. The first-order chi connectivity index (χ1) is 7.13. The van der Waals surface area contributed by atoms with E-state index in [0.717, 1.165) is 0 Å². The van der Waals surface area contributed by atoms with E-state index in [4.69, 9.17) is 11.6 Å². The molecule has 0 heterocycles. The fourth-order valence-corrected chi connectivity index (χ4v) is 1.30. The maximum atomic E-state index is 12.7. The predicted octanol–water partition coefficient (Wildman–Crippen LogP) is 2.03. The van der Waals surface area contributed by atoms with Crippen molar-refractivity contribution in [2.24, 2.45) is 0 Å². The van der Waals surface area contributed by atoms with Crippen molar-refractivity contribution in [3.63, 3.8) is 0 Å². The second-order valence-corrected chi connectivity index (χ2v) is 3.34. The van der Waals surface area contributed by atoms with Gasteiger partial charge >= 0.3 is 0 Å². The summed E-state index contributed by atoms with van der Waals surface area (Å²) in [5.74, 6) is -0.526. The second kappa shape index (κ2) is 5.56. The van der Waals surface area contributed by atoms with E-state index in [-0.39, 0.29) is 17.5 Å². The van der Waals surface area contributed by atoms with Crippen LogP contribution in [0.2, 0.25) is 5.02 Å². The number of carbonyl (C=O) groups excluding carboxylic acids is 1. The van der Waals surface area contributed by atoms with E-state index in [1.54, 1.807) is 0 Å². The normalized spacial score (nSPS) is 9.80. The van der Waals surface area contributed by atoms with Crippen LogP contribution >= 0.6 is 11.6 Å². The zero-order valence-corrected chi connectivity index (χ0v) is 9.07. The quantitative estimate of drug-likeness (QED) is 0.831. The molecule has 0 aliphatic heterocycles. The SMILES string of the molecule is CCNC(=O)CNc1ccc(F)cc1Cl. The highest BCUT2D eigenvalue weighted by Gasteiger charge is 2.03. The molecule has 0 aliphatic rings. The number of hydrogen-bond acceptors (Lipinski definition) is 2. The maximum Gasteiger partial charge on any atom is 0.239 e. The molecular weight excluding hydrogens is 219 g/mol. The summed E-state index contributed by atoms with van der Waals surface area (Å²) in [6.07, 6.45) is 0. The number of amides is 1. The highest BCUT2D eigenvalue weighted by Crippen LogP contribution is 2.21. The monoisotopic (exact) mass is 230 g/mol. The first kappa shape index (κ1) is 11.8. The van der Waals surface area contributed by atoms with Gasteiger partial charge in [-0.05, 0) is 25.1 Å². The molecule has 1 rings (SSSR count).